The summed E-state index contributed by atoms with van der Waals surface area (Å²) in [6.07, 6.45) is 0. The maximum Gasteiger partial charge on any atom is 0.183 e. The molecular formula is C9H24O2Si2. The predicted octanol–water partition coefficient (Wildman–Crippen LogP) is 2.62. The highest BCUT2D eigenvalue weighted by molar-refractivity contribution is 6.69. The molecule has 0 rings (SSSR count). The highest BCUT2D eigenvalue weighted by atomic mass is 28.4. The van der Waals surface area contributed by atoms with Crippen LogP contribution < -0.4 is 0 Å². The molecular weight excluding hydrogens is 196 g/mol. The van der Waals surface area contributed by atoms with Gasteiger partial charge in [-0.15, -0.1) is 0 Å². The number of rotatable bonds is 5. The van der Waals surface area contributed by atoms with Crippen molar-refractivity contribution in [3.8, 4) is 0 Å². The van der Waals surface area contributed by atoms with E-state index in [2.05, 4.69) is 46.6 Å². The number of hydrogen-bond acceptors (Lipinski definition) is 2. The van der Waals surface area contributed by atoms with E-state index in [1.807, 2.05) is 0 Å². The Kier molecular flexibility index (Phi) is 4.86. The van der Waals surface area contributed by atoms with Gasteiger partial charge in [-0.25, -0.2) is 0 Å². The van der Waals surface area contributed by atoms with Gasteiger partial charge >= 0.3 is 0 Å². The minimum atomic E-state index is -1.38. The van der Waals surface area contributed by atoms with Crippen molar-refractivity contribution in [3.05, 3.63) is 0 Å². The molecule has 0 radical (unpaired) electrons. The predicted molar refractivity (Wildman–Crippen MR) is 63.3 cm³/mol. The molecule has 2 nitrogen and oxygen atoms in total. The molecule has 13 heavy (non-hydrogen) atoms. The van der Waals surface area contributed by atoms with Crippen LogP contribution in [-0.4, -0.2) is 29.6 Å². The van der Waals surface area contributed by atoms with E-state index in [9.17, 15) is 0 Å². The Hall–Kier alpha value is 0.354. The molecule has 0 saturated heterocycles. The van der Waals surface area contributed by atoms with Gasteiger partial charge in [-0.3, -0.25) is 0 Å². The topological polar surface area (TPSA) is 18.5 Å². The third-order valence-corrected chi connectivity index (χ3v) is 3.53. The van der Waals surface area contributed by atoms with Crippen molar-refractivity contribution in [2.45, 2.75) is 52.2 Å². The second-order valence-corrected chi connectivity index (χ2v) is 12.2. The van der Waals surface area contributed by atoms with Gasteiger partial charge in [0, 0.05) is 0 Å². The molecule has 80 valence electrons. The molecule has 0 fully saturated rings. The molecule has 0 unspecified atom stereocenters. The molecule has 0 aromatic carbocycles. The van der Waals surface area contributed by atoms with Crippen LogP contribution in [0, 0.1) is 0 Å². The molecule has 0 aliphatic carbocycles. The third kappa shape index (κ3) is 8.68. The normalized spacial score (nSPS) is 13.8. The van der Waals surface area contributed by atoms with Crippen molar-refractivity contribution in [1.29, 1.82) is 0 Å². The molecule has 0 aromatic heterocycles. The maximum absolute atomic E-state index is 5.87. The summed E-state index contributed by atoms with van der Waals surface area (Å²) in [5.74, 6) is 0. The summed E-state index contributed by atoms with van der Waals surface area (Å²) in [5, 5.41) is 0. The van der Waals surface area contributed by atoms with E-state index >= 15 is 0 Å². The van der Waals surface area contributed by atoms with Crippen LogP contribution in [0.1, 0.15) is 13.8 Å². The van der Waals surface area contributed by atoms with Crippen molar-refractivity contribution in [2.24, 2.45) is 0 Å². The van der Waals surface area contributed by atoms with Crippen molar-refractivity contribution in [1.82, 2.24) is 0 Å². The van der Waals surface area contributed by atoms with E-state index < -0.39 is 17.4 Å². The summed E-state index contributed by atoms with van der Waals surface area (Å²) in [5.41, 5.74) is -0.0966. The van der Waals surface area contributed by atoms with Gasteiger partial charge in [0.15, 0.2) is 17.4 Å². The largest absolute Gasteiger partial charge is 0.415 e. The zero-order valence-corrected chi connectivity index (χ0v) is 12.3. The van der Waals surface area contributed by atoms with Crippen LogP contribution in [-0.2, 0) is 8.85 Å². The van der Waals surface area contributed by atoms with E-state index in [1.165, 1.54) is 0 Å². The Balaban J connectivity index is 3.89. The molecule has 0 spiro atoms. The highest BCUT2D eigenvalue weighted by Gasteiger charge is 2.24. The van der Waals surface area contributed by atoms with Gasteiger partial charge in [-0.05, 0) is 46.6 Å². The molecule has 0 atom stereocenters. The first kappa shape index (κ1) is 13.4. The summed E-state index contributed by atoms with van der Waals surface area (Å²) in [7, 11) is -2.33. The van der Waals surface area contributed by atoms with Crippen LogP contribution in [0.5, 0.6) is 0 Å². The second-order valence-electron chi connectivity index (χ2n) is 5.33. The minimum Gasteiger partial charge on any atom is -0.415 e. The average molecular weight is 220 g/mol. The Morgan fingerprint density at radius 1 is 1.15 bits per heavy atom. The van der Waals surface area contributed by atoms with E-state index in [1.54, 1.807) is 0 Å². The second kappa shape index (κ2) is 4.73. The summed E-state index contributed by atoms with van der Waals surface area (Å²) < 4.78 is 11.7. The SMILES string of the molecule is C[SiH](C)OC(C)(C)CO[Si](C)(C)C. The lowest BCUT2D eigenvalue weighted by Gasteiger charge is -2.31. The van der Waals surface area contributed by atoms with Gasteiger partial charge in [0.05, 0.1) is 12.2 Å². The Labute approximate surface area is 85.5 Å². The van der Waals surface area contributed by atoms with Gasteiger partial charge < -0.3 is 8.85 Å². The molecule has 0 N–H and O–H groups in total. The first-order valence-electron chi connectivity index (χ1n) is 4.94. The van der Waals surface area contributed by atoms with Crippen LogP contribution in [0.4, 0.5) is 0 Å². The van der Waals surface area contributed by atoms with E-state index in [4.69, 9.17) is 8.85 Å². The van der Waals surface area contributed by atoms with Gasteiger partial charge in [-0.2, -0.15) is 0 Å². The van der Waals surface area contributed by atoms with Crippen LogP contribution >= 0.6 is 0 Å². The molecule has 0 heterocycles. The first-order chi connectivity index (χ1) is 5.62. The van der Waals surface area contributed by atoms with Crippen molar-refractivity contribution >= 4 is 17.4 Å². The zero-order valence-electron chi connectivity index (χ0n) is 10.1. The fourth-order valence-electron chi connectivity index (χ4n) is 1.06. The van der Waals surface area contributed by atoms with E-state index in [-0.39, 0.29) is 5.60 Å². The average Bonchev–Trinajstić information content (AvgIpc) is 1.79. The van der Waals surface area contributed by atoms with Crippen LogP contribution in [0.15, 0.2) is 0 Å². The Morgan fingerprint density at radius 3 is 1.92 bits per heavy atom. The lowest BCUT2D eigenvalue weighted by molar-refractivity contribution is 0.0481. The van der Waals surface area contributed by atoms with Crippen molar-refractivity contribution in [3.63, 3.8) is 0 Å². The Morgan fingerprint density at radius 2 is 1.62 bits per heavy atom. The van der Waals surface area contributed by atoms with Crippen LogP contribution in [0.3, 0.4) is 0 Å². The molecule has 0 bridgehead atoms. The standard InChI is InChI=1S/C9H24O2Si2/c1-9(2,11-12(3)4)8-10-13(5,6)7/h12H,8H2,1-7H3. The molecule has 4 heteroatoms. The van der Waals surface area contributed by atoms with Gasteiger partial charge in [0.1, 0.15) is 0 Å². The minimum absolute atomic E-state index is 0.0966. The quantitative estimate of drug-likeness (QED) is 0.663. The molecule has 0 aliphatic rings. The molecule has 0 aliphatic heterocycles. The van der Waals surface area contributed by atoms with Gasteiger partial charge in [-0.1, -0.05) is 0 Å². The highest BCUT2D eigenvalue weighted by Crippen LogP contribution is 2.14. The van der Waals surface area contributed by atoms with Gasteiger partial charge in [0.25, 0.3) is 0 Å². The summed E-state index contributed by atoms with van der Waals surface area (Å²) >= 11 is 0. The number of hydrogen-bond donors (Lipinski definition) is 0. The van der Waals surface area contributed by atoms with Crippen LogP contribution in [0.2, 0.25) is 32.7 Å². The fraction of sp³-hybridized carbons (Fsp3) is 1.00. The molecule has 0 amide bonds. The summed E-state index contributed by atoms with van der Waals surface area (Å²) in [6, 6.07) is 0. The first-order valence-corrected chi connectivity index (χ1v) is 11.1. The fourth-order valence-corrected chi connectivity index (χ4v) is 3.19. The monoisotopic (exact) mass is 220 g/mol. The van der Waals surface area contributed by atoms with E-state index in [0.717, 1.165) is 6.61 Å². The Bertz CT molecular complexity index is 150. The van der Waals surface area contributed by atoms with Gasteiger partial charge in [0.2, 0.25) is 0 Å². The van der Waals surface area contributed by atoms with Crippen molar-refractivity contribution in [2.75, 3.05) is 6.61 Å². The zero-order chi connectivity index (χ0) is 10.7. The summed E-state index contributed by atoms with van der Waals surface area (Å²) in [4.78, 5) is 0. The lowest BCUT2D eigenvalue weighted by atomic mass is 10.2. The van der Waals surface area contributed by atoms with E-state index in [0.29, 0.717) is 0 Å². The third-order valence-electron chi connectivity index (χ3n) is 1.41. The molecule has 0 aromatic rings. The van der Waals surface area contributed by atoms with Crippen LogP contribution in [0.25, 0.3) is 0 Å². The van der Waals surface area contributed by atoms with Crippen molar-refractivity contribution < 1.29 is 8.85 Å². The smallest absolute Gasteiger partial charge is 0.183 e. The molecule has 0 saturated carbocycles. The summed E-state index contributed by atoms with van der Waals surface area (Å²) in [6.45, 7) is 15.9. The maximum atomic E-state index is 5.87. The lowest BCUT2D eigenvalue weighted by Crippen LogP contribution is -2.39.